The normalized spacial score (nSPS) is 14.1. The number of benzene rings is 1. The first kappa shape index (κ1) is 18.7. The van der Waals surface area contributed by atoms with Crippen LogP contribution < -0.4 is 11.1 Å². The van der Waals surface area contributed by atoms with Crippen LogP contribution in [-0.2, 0) is 11.3 Å². The molecule has 0 radical (unpaired) electrons. The molecule has 0 bridgehead atoms. The van der Waals surface area contributed by atoms with Gasteiger partial charge in [0.25, 0.3) is 5.91 Å². The zero-order valence-corrected chi connectivity index (χ0v) is 15.6. The molecule has 1 aliphatic heterocycles. The maximum atomic E-state index is 12.6. The standard InChI is InChI=1S/C20H20N4O5/c25-14-5-6-15(21-11-14)19(27)22-13-4-7-17-16(10-13)24(20(28)29-17)12-18(26)23-8-2-1-3-9-23/h4-7,10-11,25H,1-3,8-9,12H2,(H,22,27). The van der Waals surface area contributed by atoms with Crippen LogP contribution in [0.4, 0.5) is 5.69 Å². The van der Waals surface area contributed by atoms with Crippen molar-refractivity contribution in [2.45, 2.75) is 25.8 Å². The minimum atomic E-state index is -0.617. The molecule has 3 heterocycles. The van der Waals surface area contributed by atoms with E-state index in [0.717, 1.165) is 19.3 Å². The largest absolute Gasteiger partial charge is 0.506 e. The number of anilines is 1. The van der Waals surface area contributed by atoms with Gasteiger partial charge in [0.15, 0.2) is 5.58 Å². The molecule has 0 atom stereocenters. The number of amides is 2. The lowest BCUT2D eigenvalue weighted by Gasteiger charge is -2.26. The number of piperidine rings is 1. The molecule has 2 N–H and O–H groups in total. The van der Waals surface area contributed by atoms with Gasteiger partial charge in [-0.2, -0.15) is 0 Å². The Hall–Kier alpha value is -3.62. The van der Waals surface area contributed by atoms with E-state index in [-0.39, 0.29) is 23.9 Å². The molecule has 29 heavy (non-hydrogen) atoms. The van der Waals surface area contributed by atoms with Gasteiger partial charge in [0, 0.05) is 18.8 Å². The Bertz CT molecular complexity index is 1110. The van der Waals surface area contributed by atoms with Gasteiger partial charge in [-0.15, -0.1) is 0 Å². The lowest BCUT2D eigenvalue weighted by atomic mass is 10.1. The number of aromatic hydroxyl groups is 1. The number of nitrogens with zero attached hydrogens (tertiary/aromatic N) is 3. The first-order valence-electron chi connectivity index (χ1n) is 9.39. The first-order chi connectivity index (χ1) is 14.0. The number of hydrogen-bond donors (Lipinski definition) is 2. The second-order valence-electron chi connectivity index (χ2n) is 6.93. The number of carbonyl (C=O) groups is 2. The van der Waals surface area contributed by atoms with Crippen LogP contribution in [0.15, 0.2) is 45.7 Å². The highest BCUT2D eigenvalue weighted by Crippen LogP contribution is 2.20. The van der Waals surface area contributed by atoms with Gasteiger partial charge < -0.3 is 19.7 Å². The van der Waals surface area contributed by atoms with Crippen molar-refractivity contribution in [1.29, 1.82) is 0 Å². The zero-order chi connectivity index (χ0) is 20.4. The van der Waals surface area contributed by atoms with Crippen molar-refractivity contribution in [2.24, 2.45) is 0 Å². The van der Waals surface area contributed by atoms with E-state index in [4.69, 9.17) is 4.42 Å². The van der Waals surface area contributed by atoms with Crippen LogP contribution in [0, 0.1) is 0 Å². The van der Waals surface area contributed by atoms with Gasteiger partial charge in [-0.1, -0.05) is 0 Å². The average molecular weight is 396 g/mol. The Balaban J connectivity index is 1.57. The number of fused-ring (bicyclic) bond motifs is 1. The Morgan fingerprint density at radius 1 is 1.14 bits per heavy atom. The van der Waals surface area contributed by atoms with Crippen LogP contribution >= 0.6 is 0 Å². The van der Waals surface area contributed by atoms with E-state index in [0.29, 0.717) is 29.9 Å². The summed E-state index contributed by atoms with van der Waals surface area (Å²) in [6.07, 6.45) is 4.22. The van der Waals surface area contributed by atoms with Gasteiger partial charge in [0.05, 0.1) is 11.7 Å². The van der Waals surface area contributed by atoms with Crippen molar-refractivity contribution in [1.82, 2.24) is 14.5 Å². The molecule has 1 aliphatic rings. The third-order valence-electron chi connectivity index (χ3n) is 4.91. The average Bonchev–Trinajstić information content (AvgIpc) is 3.04. The third kappa shape index (κ3) is 3.98. The summed E-state index contributed by atoms with van der Waals surface area (Å²) in [6.45, 7) is 1.29. The Morgan fingerprint density at radius 3 is 2.66 bits per heavy atom. The molecule has 4 rings (SSSR count). The van der Waals surface area contributed by atoms with Crippen LogP contribution in [0.2, 0.25) is 0 Å². The molecule has 0 unspecified atom stereocenters. The summed E-state index contributed by atoms with van der Waals surface area (Å²) in [4.78, 5) is 42.8. The summed E-state index contributed by atoms with van der Waals surface area (Å²) in [5.74, 6) is -1.25. The van der Waals surface area contributed by atoms with Crippen molar-refractivity contribution >= 4 is 28.6 Å². The first-order valence-corrected chi connectivity index (χ1v) is 9.39. The highest BCUT2D eigenvalue weighted by Gasteiger charge is 2.20. The maximum absolute atomic E-state index is 12.6. The molecule has 2 aromatic heterocycles. The monoisotopic (exact) mass is 396 g/mol. The Kier molecular flexibility index (Phi) is 5.03. The SMILES string of the molecule is O=C(Nc1ccc2oc(=O)n(CC(=O)N3CCCCC3)c2c1)c1ccc(O)cn1. The number of likely N-dealkylation sites (tertiary alicyclic amines) is 1. The van der Waals surface area contributed by atoms with E-state index in [1.54, 1.807) is 23.1 Å². The van der Waals surface area contributed by atoms with Gasteiger partial charge in [-0.05, 0) is 49.6 Å². The fourth-order valence-electron chi connectivity index (χ4n) is 3.38. The molecular weight excluding hydrogens is 376 g/mol. The smallest absolute Gasteiger partial charge is 0.420 e. The number of rotatable bonds is 4. The molecule has 0 saturated carbocycles. The minimum Gasteiger partial charge on any atom is -0.506 e. The minimum absolute atomic E-state index is 0.0382. The molecule has 0 spiro atoms. The second-order valence-corrected chi connectivity index (χ2v) is 6.93. The van der Waals surface area contributed by atoms with E-state index in [2.05, 4.69) is 10.3 Å². The number of nitrogens with one attached hydrogen (secondary N) is 1. The van der Waals surface area contributed by atoms with Crippen LogP contribution in [0.25, 0.3) is 11.1 Å². The van der Waals surface area contributed by atoms with E-state index >= 15 is 0 Å². The van der Waals surface area contributed by atoms with Crippen molar-refractivity contribution in [3.05, 3.63) is 52.8 Å². The highest BCUT2D eigenvalue weighted by atomic mass is 16.4. The predicted octanol–water partition coefficient (Wildman–Crippen LogP) is 1.96. The summed E-state index contributed by atoms with van der Waals surface area (Å²) in [7, 11) is 0. The van der Waals surface area contributed by atoms with Crippen molar-refractivity contribution in [3.63, 3.8) is 0 Å². The molecule has 9 heteroatoms. The fraction of sp³-hybridized carbons (Fsp3) is 0.300. The predicted molar refractivity (Wildman–Crippen MR) is 105 cm³/mol. The summed E-state index contributed by atoms with van der Waals surface area (Å²) < 4.78 is 6.51. The van der Waals surface area contributed by atoms with Gasteiger partial charge in [0.2, 0.25) is 5.91 Å². The van der Waals surface area contributed by atoms with Crippen molar-refractivity contribution < 1.29 is 19.1 Å². The van der Waals surface area contributed by atoms with E-state index in [1.807, 2.05) is 0 Å². The lowest BCUT2D eigenvalue weighted by Crippen LogP contribution is -2.39. The number of oxazole rings is 1. The van der Waals surface area contributed by atoms with E-state index in [9.17, 15) is 19.5 Å². The van der Waals surface area contributed by atoms with Gasteiger partial charge in [-0.25, -0.2) is 9.78 Å². The molecule has 150 valence electrons. The van der Waals surface area contributed by atoms with Gasteiger partial charge in [-0.3, -0.25) is 14.2 Å². The Labute approximate surface area is 165 Å². The molecule has 9 nitrogen and oxygen atoms in total. The molecule has 3 aromatic rings. The molecule has 0 aliphatic carbocycles. The molecule has 2 amide bonds. The Morgan fingerprint density at radius 2 is 1.93 bits per heavy atom. The van der Waals surface area contributed by atoms with Gasteiger partial charge >= 0.3 is 5.76 Å². The molecule has 1 aromatic carbocycles. The number of carbonyl (C=O) groups excluding carboxylic acids is 2. The zero-order valence-electron chi connectivity index (χ0n) is 15.6. The number of aromatic nitrogens is 2. The number of hydrogen-bond acceptors (Lipinski definition) is 6. The summed E-state index contributed by atoms with van der Waals surface area (Å²) in [5.41, 5.74) is 1.32. The fourth-order valence-corrected chi connectivity index (χ4v) is 3.38. The molecule has 1 saturated heterocycles. The van der Waals surface area contributed by atoms with Gasteiger partial charge in [0.1, 0.15) is 18.0 Å². The maximum Gasteiger partial charge on any atom is 0.420 e. The third-order valence-corrected chi connectivity index (χ3v) is 4.91. The molecule has 1 fully saturated rings. The highest BCUT2D eigenvalue weighted by molar-refractivity contribution is 6.03. The molecular formula is C20H20N4O5. The summed E-state index contributed by atoms with van der Waals surface area (Å²) in [6, 6.07) is 7.51. The topological polar surface area (TPSA) is 118 Å². The quantitative estimate of drug-likeness (QED) is 0.696. The lowest BCUT2D eigenvalue weighted by molar-refractivity contribution is -0.132. The van der Waals surface area contributed by atoms with Crippen molar-refractivity contribution in [3.8, 4) is 5.75 Å². The van der Waals surface area contributed by atoms with E-state index in [1.165, 1.54) is 22.9 Å². The van der Waals surface area contributed by atoms with Crippen LogP contribution in [0.1, 0.15) is 29.8 Å². The summed E-state index contributed by atoms with van der Waals surface area (Å²) >= 11 is 0. The van der Waals surface area contributed by atoms with Crippen molar-refractivity contribution in [2.75, 3.05) is 18.4 Å². The van der Waals surface area contributed by atoms with Crippen LogP contribution in [0.5, 0.6) is 5.75 Å². The van der Waals surface area contributed by atoms with Crippen LogP contribution in [0.3, 0.4) is 0 Å². The second kappa shape index (κ2) is 7.78. The number of pyridine rings is 1. The van der Waals surface area contributed by atoms with E-state index < -0.39 is 11.7 Å². The van der Waals surface area contributed by atoms with Crippen LogP contribution in [-0.4, -0.2) is 44.5 Å². The summed E-state index contributed by atoms with van der Waals surface area (Å²) in [5, 5.41) is 12.0.